The molecule has 2 aliphatic rings. The third-order valence-corrected chi connectivity index (χ3v) is 8.26. The summed E-state index contributed by atoms with van der Waals surface area (Å²) in [5.41, 5.74) is 6.06. The molecule has 8 heteroatoms. The minimum atomic E-state index is -3.11. The fourth-order valence-electron chi connectivity index (χ4n) is 4.76. The number of hydrogen-bond donors (Lipinski definition) is 1. The molecule has 0 bridgehead atoms. The monoisotopic (exact) mass is 490 g/mol. The number of hydrogen-bond acceptors (Lipinski definition) is 6. The molecule has 1 aromatic heterocycles. The average molecular weight is 491 g/mol. The van der Waals surface area contributed by atoms with E-state index in [4.69, 9.17) is 9.72 Å². The normalized spacial score (nSPS) is 19.6. The van der Waals surface area contributed by atoms with Crippen molar-refractivity contribution in [3.63, 3.8) is 0 Å². The van der Waals surface area contributed by atoms with Crippen LogP contribution in [-0.4, -0.2) is 49.4 Å². The van der Waals surface area contributed by atoms with Crippen molar-refractivity contribution in [3.8, 4) is 0 Å². The molecule has 1 N–H and O–H groups in total. The zero-order valence-electron chi connectivity index (χ0n) is 19.4. The quantitative estimate of drug-likeness (QED) is 0.550. The van der Waals surface area contributed by atoms with E-state index in [0.29, 0.717) is 29.3 Å². The van der Waals surface area contributed by atoms with Crippen molar-refractivity contribution in [1.82, 2.24) is 10.3 Å². The number of nitrogens with zero attached hydrogens (tertiary/aromatic N) is 1. The van der Waals surface area contributed by atoms with E-state index in [1.165, 1.54) is 5.56 Å². The Labute approximate surface area is 204 Å². The van der Waals surface area contributed by atoms with Crippen molar-refractivity contribution in [2.45, 2.75) is 32.2 Å². The van der Waals surface area contributed by atoms with Crippen molar-refractivity contribution in [3.05, 3.63) is 76.5 Å². The van der Waals surface area contributed by atoms with Crippen molar-refractivity contribution in [1.29, 1.82) is 0 Å². The lowest BCUT2D eigenvalue weighted by Crippen LogP contribution is -2.38. The average Bonchev–Trinajstić information content (AvgIpc) is 3.39. The van der Waals surface area contributed by atoms with E-state index in [-0.39, 0.29) is 11.5 Å². The second-order valence-corrected chi connectivity index (χ2v) is 11.4. The Morgan fingerprint density at radius 2 is 1.89 bits per heavy atom. The minimum Gasteiger partial charge on any atom is -0.452 e. The van der Waals surface area contributed by atoms with Crippen LogP contribution in [0.1, 0.15) is 45.6 Å². The number of carbonyl (C=O) groups excluding carboxylic acids is 2. The van der Waals surface area contributed by atoms with Gasteiger partial charge in [-0.2, -0.15) is 0 Å². The van der Waals surface area contributed by atoms with Crippen molar-refractivity contribution >= 4 is 44.3 Å². The molecule has 0 spiro atoms. The number of ether oxygens (including phenoxy) is 1. The fraction of sp³-hybridized carbons (Fsp3) is 0.296. The van der Waals surface area contributed by atoms with Gasteiger partial charge >= 0.3 is 5.97 Å². The zero-order valence-corrected chi connectivity index (χ0v) is 20.2. The highest BCUT2D eigenvalue weighted by Gasteiger charge is 2.30. The fourth-order valence-corrected chi connectivity index (χ4v) is 6.43. The molecule has 1 aliphatic carbocycles. The second-order valence-electron chi connectivity index (χ2n) is 9.15. The van der Waals surface area contributed by atoms with Gasteiger partial charge in [-0.25, -0.2) is 18.2 Å². The molecule has 0 radical (unpaired) electrons. The predicted octanol–water partition coefficient (Wildman–Crippen LogP) is 3.49. The predicted molar refractivity (Wildman–Crippen MR) is 135 cm³/mol. The van der Waals surface area contributed by atoms with E-state index < -0.39 is 34.4 Å². The molecule has 1 fully saturated rings. The Balaban J connectivity index is 1.40. The van der Waals surface area contributed by atoms with E-state index >= 15 is 0 Å². The second kappa shape index (κ2) is 9.26. The van der Waals surface area contributed by atoms with Gasteiger partial charge in [0.1, 0.15) is 0 Å². The topological polar surface area (TPSA) is 102 Å². The molecule has 1 amide bonds. The first-order chi connectivity index (χ1) is 16.8. The van der Waals surface area contributed by atoms with Crippen LogP contribution in [0.25, 0.3) is 22.6 Å². The van der Waals surface area contributed by atoms with Crippen LogP contribution in [0, 0.1) is 6.92 Å². The van der Waals surface area contributed by atoms with Crippen LogP contribution in [0.2, 0.25) is 0 Å². The number of rotatable bonds is 5. The van der Waals surface area contributed by atoms with Gasteiger partial charge in [-0.15, -0.1) is 0 Å². The summed E-state index contributed by atoms with van der Waals surface area (Å²) >= 11 is 0. The molecule has 1 saturated heterocycles. The molecule has 180 valence electrons. The number of para-hydroxylation sites is 1. The van der Waals surface area contributed by atoms with Gasteiger partial charge in [-0.05, 0) is 55.0 Å². The van der Waals surface area contributed by atoms with Crippen molar-refractivity contribution < 1.29 is 22.7 Å². The smallest absolute Gasteiger partial charge is 0.339 e. The van der Waals surface area contributed by atoms with Crippen molar-refractivity contribution in [2.24, 2.45) is 0 Å². The molecule has 1 aliphatic heterocycles. The van der Waals surface area contributed by atoms with Crippen LogP contribution in [0.4, 0.5) is 0 Å². The number of aryl methyl sites for hydroxylation is 1. The highest BCUT2D eigenvalue weighted by atomic mass is 32.2. The Hall–Kier alpha value is -3.52. The van der Waals surface area contributed by atoms with Crippen LogP contribution in [-0.2, 0) is 25.8 Å². The molecule has 0 saturated carbocycles. The van der Waals surface area contributed by atoms with Crippen LogP contribution >= 0.6 is 0 Å². The van der Waals surface area contributed by atoms with E-state index in [2.05, 4.69) is 35.7 Å². The SMILES string of the molecule is Cc1ccc(C=C2CCc3c2nc2ccccc2c3C(=O)OCC(=O)NC2CCS(=O)(=O)C2)cc1. The van der Waals surface area contributed by atoms with Gasteiger partial charge in [0, 0.05) is 11.4 Å². The molecule has 2 heterocycles. The molecular formula is C27H26N2O5S. The summed E-state index contributed by atoms with van der Waals surface area (Å²) in [5.74, 6) is -1.10. The maximum absolute atomic E-state index is 13.2. The number of benzene rings is 2. The molecule has 5 rings (SSSR count). The van der Waals surface area contributed by atoms with Gasteiger partial charge in [0.15, 0.2) is 16.4 Å². The third-order valence-electron chi connectivity index (χ3n) is 6.50. The van der Waals surface area contributed by atoms with Gasteiger partial charge in [0.2, 0.25) is 0 Å². The maximum atomic E-state index is 13.2. The highest BCUT2D eigenvalue weighted by molar-refractivity contribution is 7.91. The molecule has 2 aromatic carbocycles. The number of esters is 1. The summed E-state index contributed by atoms with van der Waals surface area (Å²) in [7, 11) is -3.11. The summed E-state index contributed by atoms with van der Waals surface area (Å²) in [6, 6.07) is 15.2. The maximum Gasteiger partial charge on any atom is 0.339 e. The zero-order chi connectivity index (χ0) is 24.6. The van der Waals surface area contributed by atoms with E-state index in [0.717, 1.165) is 28.8 Å². The Morgan fingerprint density at radius 3 is 2.63 bits per heavy atom. The lowest BCUT2D eigenvalue weighted by molar-refractivity contribution is -0.124. The first-order valence-electron chi connectivity index (χ1n) is 11.7. The number of nitrogens with one attached hydrogen (secondary N) is 1. The number of sulfone groups is 1. The third kappa shape index (κ3) is 4.98. The number of carbonyl (C=O) groups is 2. The van der Waals surface area contributed by atoms with Crippen molar-refractivity contribution in [2.75, 3.05) is 18.1 Å². The first-order valence-corrected chi connectivity index (χ1v) is 13.5. The Bertz CT molecular complexity index is 1460. The molecule has 1 atom stereocenters. The van der Waals surface area contributed by atoms with E-state index in [9.17, 15) is 18.0 Å². The summed E-state index contributed by atoms with van der Waals surface area (Å²) < 4.78 is 28.6. The van der Waals surface area contributed by atoms with Gasteiger partial charge in [-0.3, -0.25) is 4.79 Å². The van der Waals surface area contributed by atoms with E-state index in [1.807, 2.05) is 31.2 Å². The number of pyridine rings is 1. The number of amides is 1. The van der Waals surface area contributed by atoms with Gasteiger partial charge in [-0.1, -0.05) is 48.0 Å². The Morgan fingerprint density at radius 1 is 1.11 bits per heavy atom. The molecule has 1 unspecified atom stereocenters. The Kier molecular flexibility index (Phi) is 6.15. The van der Waals surface area contributed by atoms with E-state index in [1.54, 1.807) is 0 Å². The lowest BCUT2D eigenvalue weighted by Gasteiger charge is -2.14. The van der Waals surface area contributed by atoms with Gasteiger partial charge in [0.25, 0.3) is 5.91 Å². The van der Waals surface area contributed by atoms with Crippen LogP contribution in [0.15, 0.2) is 48.5 Å². The summed E-state index contributed by atoms with van der Waals surface area (Å²) in [6.45, 7) is 1.58. The molecule has 35 heavy (non-hydrogen) atoms. The van der Waals surface area contributed by atoms with Gasteiger partial charge < -0.3 is 10.1 Å². The summed E-state index contributed by atoms with van der Waals surface area (Å²) in [5, 5.41) is 3.34. The first kappa shape index (κ1) is 23.2. The lowest BCUT2D eigenvalue weighted by atomic mass is 10.0. The highest BCUT2D eigenvalue weighted by Crippen LogP contribution is 2.37. The molecular weight excluding hydrogens is 464 g/mol. The molecule has 3 aromatic rings. The standard InChI is InChI=1S/C27H26N2O5S/c1-17-6-8-18(9-7-17)14-19-10-11-22-25(21-4-2-3-5-23(21)29-26(19)22)27(31)34-15-24(30)28-20-12-13-35(32,33)16-20/h2-9,14,20H,10-13,15-16H2,1H3,(H,28,30). The minimum absolute atomic E-state index is 0.0608. The van der Waals surface area contributed by atoms with Gasteiger partial charge in [0.05, 0.1) is 28.3 Å². The molecule has 7 nitrogen and oxygen atoms in total. The summed E-state index contributed by atoms with van der Waals surface area (Å²) in [4.78, 5) is 30.4. The van der Waals surface area contributed by atoms with Crippen LogP contribution in [0.3, 0.4) is 0 Å². The van der Waals surface area contributed by atoms with Crippen LogP contribution in [0.5, 0.6) is 0 Å². The number of fused-ring (bicyclic) bond motifs is 2. The number of allylic oxidation sites excluding steroid dienone is 1. The largest absolute Gasteiger partial charge is 0.452 e. The summed E-state index contributed by atoms with van der Waals surface area (Å²) in [6.07, 6.45) is 3.89. The number of aromatic nitrogens is 1. The van der Waals surface area contributed by atoms with Crippen LogP contribution < -0.4 is 5.32 Å².